The molecule has 2 amide bonds. The molecule has 9 heteroatoms. The van der Waals surface area contributed by atoms with Crippen molar-refractivity contribution in [2.75, 3.05) is 12.0 Å². The maximum atomic E-state index is 14.0. The van der Waals surface area contributed by atoms with Crippen LogP contribution in [-0.2, 0) is 4.79 Å². The lowest BCUT2D eigenvalue weighted by Gasteiger charge is -2.33. The molecule has 0 spiro atoms. The van der Waals surface area contributed by atoms with Gasteiger partial charge in [-0.2, -0.15) is 4.37 Å². The van der Waals surface area contributed by atoms with E-state index in [0.717, 1.165) is 48.3 Å². The van der Waals surface area contributed by atoms with Crippen molar-refractivity contribution in [3.63, 3.8) is 0 Å². The quantitative estimate of drug-likeness (QED) is 0.376. The second-order valence-corrected chi connectivity index (χ2v) is 10.5. The van der Waals surface area contributed by atoms with Gasteiger partial charge in [0, 0.05) is 11.7 Å². The number of benzene rings is 2. The minimum absolute atomic E-state index is 0.0221. The van der Waals surface area contributed by atoms with E-state index in [2.05, 4.69) is 9.69 Å². The molecule has 1 aliphatic carbocycles. The highest BCUT2D eigenvalue weighted by molar-refractivity contribution is 7.11. The number of aromatic nitrogens is 1. The van der Waals surface area contributed by atoms with E-state index in [1.54, 1.807) is 31.4 Å². The number of anilines is 1. The Morgan fingerprint density at radius 2 is 1.80 bits per heavy atom. The minimum Gasteiger partial charge on any atom is -0.497 e. The zero-order valence-electron chi connectivity index (χ0n) is 19.8. The molecule has 35 heavy (non-hydrogen) atoms. The number of carbonyl (C=O) groups is 2. The second-order valence-electron chi connectivity index (χ2n) is 8.75. The average molecular weight is 532 g/mol. The lowest BCUT2D eigenvalue weighted by Crippen LogP contribution is -2.46. The number of ether oxygens (including phenoxy) is 1. The van der Waals surface area contributed by atoms with Crippen LogP contribution < -0.4 is 15.0 Å². The summed E-state index contributed by atoms with van der Waals surface area (Å²) in [5, 5.41) is 3.26. The van der Waals surface area contributed by atoms with Gasteiger partial charge < -0.3 is 10.1 Å². The Morgan fingerprint density at radius 3 is 2.37 bits per heavy atom. The maximum absolute atomic E-state index is 14.0. The Balaban J connectivity index is 1.87. The fourth-order valence-electron chi connectivity index (χ4n) is 4.50. The van der Waals surface area contributed by atoms with Crippen molar-refractivity contribution in [3.8, 4) is 5.75 Å². The van der Waals surface area contributed by atoms with Gasteiger partial charge in [0.1, 0.15) is 21.2 Å². The fraction of sp³-hybridized carbons (Fsp3) is 0.346. The molecule has 4 rings (SSSR count). The summed E-state index contributed by atoms with van der Waals surface area (Å²) < 4.78 is 9.75. The van der Waals surface area contributed by atoms with E-state index in [9.17, 15) is 9.59 Å². The lowest BCUT2D eigenvalue weighted by atomic mass is 10.00. The molecule has 184 valence electrons. The van der Waals surface area contributed by atoms with Crippen LogP contribution in [0.4, 0.5) is 5.69 Å². The molecule has 1 unspecified atom stereocenters. The van der Waals surface area contributed by atoms with Crippen LogP contribution >= 0.6 is 34.7 Å². The van der Waals surface area contributed by atoms with E-state index in [1.165, 1.54) is 4.90 Å². The van der Waals surface area contributed by atoms with E-state index in [1.807, 2.05) is 32.0 Å². The first-order valence-corrected chi connectivity index (χ1v) is 13.0. The predicted molar refractivity (Wildman–Crippen MR) is 141 cm³/mol. The van der Waals surface area contributed by atoms with Crippen molar-refractivity contribution in [1.82, 2.24) is 9.69 Å². The Kier molecular flexibility index (Phi) is 7.99. The van der Waals surface area contributed by atoms with Gasteiger partial charge in [0.05, 0.1) is 7.11 Å². The molecule has 0 bridgehead atoms. The minimum atomic E-state index is -0.952. The van der Waals surface area contributed by atoms with Crippen LogP contribution in [0.2, 0.25) is 9.36 Å². The third-order valence-corrected chi connectivity index (χ3v) is 7.88. The molecule has 1 aromatic heterocycles. The van der Waals surface area contributed by atoms with Gasteiger partial charge in [-0.25, -0.2) is 0 Å². The van der Waals surface area contributed by atoms with Gasteiger partial charge in [-0.05, 0) is 67.5 Å². The van der Waals surface area contributed by atoms with E-state index < -0.39 is 11.9 Å². The summed E-state index contributed by atoms with van der Waals surface area (Å²) >= 11 is 13.4. The number of hydrogen-bond acceptors (Lipinski definition) is 5. The summed E-state index contributed by atoms with van der Waals surface area (Å²) in [6.07, 6.45) is 3.99. The van der Waals surface area contributed by atoms with Gasteiger partial charge in [0.2, 0.25) is 5.91 Å². The zero-order valence-corrected chi connectivity index (χ0v) is 22.1. The molecule has 1 aliphatic rings. The SMILES string of the molecule is COc1ccc(C(C(=O)NC2CCCC2)N(C(=O)c2nsc(Cl)c2Cl)c2ccc(C)cc2C)cc1. The summed E-state index contributed by atoms with van der Waals surface area (Å²) in [6, 6.07) is 12.0. The molecular formula is C26H27Cl2N3O3S. The first-order valence-electron chi connectivity index (χ1n) is 11.5. The van der Waals surface area contributed by atoms with Gasteiger partial charge >= 0.3 is 0 Å². The van der Waals surface area contributed by atoms with Gasteiger partial charge in [0.25, 0.3) is 5.91 Å². The predicted octanol–water partition coefficient (Wildman–Crippen LogP) is 6.52. The molecule has 1 atom stereocenters. The Hall–Kier alpha value is -2.61. The highest BCUT2D eigenvalue weighted by atomic mass is 35.5. The highest BCUT2D eigenvalue weighted by Gasteiger charge is 2.37. The number of carbonyl (C=O) groups excluding carboxylic acids is 2. The number of methoxy groups -OCH3 is 1. The number of hydrogen-bond donors (Lipinski definition) is 1. The van der Waals surface area contributed by atoms with Crippen LogP contribution in [0.25, 0.3) is 0 Å². The van der Waals surface area contributed by atoms with Crippen molar-refractivity contribution in [3.05, 3.63) is 74.2 Å². The van der Waals surface area contributed by atoms with Crippen LogP contribution in [0.15, 0.2) is 42.5 Å². The third-order valence-electron chi connectivity index (χ3n) is 6.27. The monoisotopic (exact) mass is 531 g/mol. The number of nitrogens with one attached hydrogen (secondary N) is 1. The van der Waals surface area contributed by atoms with Crippen molar-refractivity contribution in [2.45, 2.75) is 51.6 Å². The Morgan fingerprint density at radius 1 is 1.11 bits per heavy atom. The van der Waals surface area contributed by atoms with Gasteiger partial charge in [0.15, 0.2) is 5.69 Å². The molecule has 3 aromatic rings. The Labute approximate surface area is 219 Å². The summed E-state index contributed by atoms with van der Waals surface area (Å²) in [5.41, 5.74) is 3.16. The second kappa shape index (κ2) is 11.0. The van der Waals surface area contributed by atoms with Crippen LogP contribution in [0.3, 0.4) is 0 Å². The molecule has 1 fully saturated rings. The molecule has 0 aliphatic heterocycles. The molecule has 6 nitrogen and oxygen atoms in total. The van der Waals surface area contributed by atoms with Crippen molar-refractivity contribution >= 4 is 52.2 Å². The van der Waals surface area contributed by atoms with Crippen molar-refractivity contribution < 1.29 is 14.3 Å². The van der Waals surface area contributed by atoms with Crippen molar-refractivity contribution in [2.24, 2.45) is 0 Å². The summed E-state index contributed by atoms with van der Waals surface area (Å²) in [5.74, 6) is -0.0947. The van der Waals surface area contributed by atoms with E-state index in [0.29, 0.717) is 17.0 Å². The standard InChI is InChI=1S/C26H27Cl2N3O3S/c1-15-8-13-20(16(2)14-15)31(26(33)22-21(27)24(28)35-30-22)23(17-9-11-19(34-3)12-10-17)25(32)29-18-6-4-5-7-18/h8-14,18,23H,4-7H2,1-3H3,(H,29,32). The average Bonchev–Trinajstić information content (AvgIpc) is 3.47. The highest BCUT2D eigenvalue weighted by Crippen LogP contribution is 2.37. The van der Waals surface area contributed by atoms with E-state index in [-0.39, 0.29) is 27.0 Å². The molecular weight excluding hydrogens is 505 g/mol. The first kappa shape index (κ1) is 25.5. The zero-order chi connectivity index (χ0) is 25.1. The van der Waals surface area contributed by atoms with Crippen LogP contribution in [0.5, 0.6) is 5.75 Å². The topological polar surface area (TPSA) is 71.5 Å². The molecule has 0 saturated heterocycles. The molecule has 1 saturated carbocycles. The smallest absolute Gasteiger partial charge is 0.280 e. The van der Waals surface area contributed by atoms with Crippen LogP contribution in [0.1, 0.15) is 58.9 Å². The van der Waals surface area contributed by atoms with E-state index in [4.69, 9.17) is 27.9 Å². The molecule has 2 aromatic carbocycles. The largest absolute Gasteiger partial charge is 0.497 e. The Bertz CT molecular complexity index is 1220. The number of nitrogens with zero attached hydrogens (tertiary/aromatic N) is 2. The summed E-state index contributed by atoms with van der Waals surface area (Å²) in [4.78, 5) is 29.4. The number of aryl methyl sites for hydroxylation is 2. The normalized spacial score (nSPS) is 14.5. The molecule has 1 N–H and O–H groups in total. The lowest BCUT2D eigenvalue weighted by molar-refractivity contribution is -0.123. The molecule has 1 heterocycles. The molecule has 0 radical (unpaired) electrons. The first-order chi connectivity index (χ1) is 16.8. The summed E-state index contributed by atoms with van der Waals surface area (Å²) in [6.45, 7) is 3.89. The van der Waals surface area contributed by atoms with Crippen LogP contribution in [0, 0.1) is 13.8 Å². The van der Waals surface area contributed by atoms with Crippen LogP contribution in [-0.4, -0.2) is 29.3 Å². The fourth-order valence-corrected chi connectivity index (χ4v) is 5.49. The van der Waals surface area contributed by atoms with Gasteiger partial charge in [-0.3, -0.25) is 14.5 Å². The van der Waals surface area contributed by atoms with Gasteiger partial charge in [-0.15, -0.1) is 0 Å². The van der Waals surface area contributed by atoms with E-state index >= 15 is 0 Å². The number of halogens is 2. The van der Waals surface area contributed by atoms with Crippen molar-refractivity contribution in [1.29, 1.82) is 0 Å². The number of amides is 2. The maximum Gasteiger partial charge on any atom is 0.280 e. The third kappa shape index (κ3) is 5.47. The van der Waals surface area contributed by atoms with Gasteiger partial charge in [-0.1, -0.05) is 65.9 Å². The summed E-state index contributed by atoms with van der Waals surface area (Å²) in [7, 11) is 1.58. The number of rotatable bonds is 7.